The number of carbonyl (C=O) groups excluding carboxylic acids is 1. The van der Waals surface area contributed by atoms with E-state index in [0.717, 1.165) is 12.8 Å². The number of ether oxygens (including phenoxy) is 1. The first kappa shape index (κ1) is 21.4. The highest BCUT2D eigenvalue weighted by Crippen LogP contribution is 2.44. The molecular formula is C18H37NO4Si. The highest BCUT2D eigenvalue weighted by molar-refractivity contribution is 6.59. The average molecular weight is 360 g/mol. The number of nitrogens with zero attached hydrogens (tertiary/aromatic N) is 1. The van der Waals surface area contributed by atoms with Gasteiger partial charge in [-0.15, -0.1) is 0 Å². The minimum atomic E-state index is -0.846. The minimum Gasteiger partial charge on any atom is -0.443 e. The third-order valence-corrected chi connectivity index (χ3v) is 9.70. The van der Waals surface area contributed by atoms with E-state index in [1.807, 2.05) is 13.8 Å². The monoisotopic (exact) mass is 359 g/mol. The van der Waals surface area contributed by atoms with Crippen molar-refractivity contribution >= 4 is 14.9 Å². The Morgan fingerprint density at radius 2 is 1.88 bits per heavy atom. The van der Waals surface area contributed by atoms with Gasteiger partial charge >= 0.3 is 6.09 Å². The van der Waals surface area contributed by atoms with Crippen LogP contribution in [0.2, 0.25) is 18.1 Å². The van der Waals surface area contributed by atoms with E-state index < -0.39 is 26.6 Å². The summed E-state index contributed by atoms with van der Waals surface area (Å²) in [5.41, 5.74) is -0.552. The fourth-order valence-electron chi connectivity index (χ4n) is 3.45. The fraction of sp³-hybridized carbons (Fsp3) is 0.944. The van der Waals surface area contributed by atoms with Crippen LogP contribution in [0.4, 0.5) is 4.79 Å². The lowest BCUT2D eigenvalue weighted by atomic mass is 9.87. The molecular weight excluding hydrogens is 322 g/mol. The van der Waals surface area contributed by atoms with E-state index >= 15 is 0 Å². The molecule has 142 valence electrons. The van der Waals surface area contributed by atoms with Gasteiger partial charge in [0.15, 0.2) is 0 Å². The molecule has 6 heteroatoms. The van der Waals surface area contributed by atoms with Gasteiger partial charge in [0.05, 0.1) is 25.3 Å². The van der Waals surface area contributed by atoms with Crippen molar-refractivity contribution in [2.45, 2.75) is 89.8 Å². The van der Waals surface area contributed by atoms with Gasteiger partial charge in [0.1, 0.15) is 5.60 Å². The van der Waals surface area contributed by atoms with Crippen LogP contribution in [-0.4, -0.2) is 60.9 Å². The van der Waals surface area contributed by atoms with Crippen molar-refractivity contribution in [3.05, 3.63) is 0 Å². The van der Waals surface area contributed by atoms with Gasteiger partial charge in [0.25, 0.3) is 0 Å². The highest BCUT2D eigenvalue weighted by Gasteiger charge is 2.39. The van der Waals surface area contributed by atoms with Gasteiger partial charge in [-0.05, 0) is 44.1 Å². The van der Waals surface area contributed by atoms with E-state index in [9.17, 15) is 15.0 Å². The lowest BCUT2D eigenvalue weighted by Crippen LogP contribution is -2.43. The van der Waals surface area contributed by atoms with Crippen LogP contribution in [-0.2, 0) is 4.74 Å². The summed E-state index contributed by atoms with van der Waals surface area (Å²) in [4.78, 5) is 13.9. The molecule has 5 nitrogen and oxygen atoms in total. The molecule has 0 aromatic heterocycles. The number of aliphatic hydroxyl groups excluding tert-OH is 2. The van der Waals surface area contributed by atoms with Crippen LogP contribution in [0, 0.1) is 5.92 Å². The van der Waals surface area contributed by atoms with E-state index in [1.54, 1.807) is 0 Å². The number of β-amino-alcohol motifs (C(OH)–C–C–N with tert-alkyl or cyclic N) is 1. The predicted molar refractivity (Wildman–Crippen MR) is 100 cm³/mol. The first-order chi connectivity index (χ1) is 10.9. The summed E-state index contributed by atoms with van der Waals surface area (Å²) in [5, 5.41) is 19.4. The van der Waals surface area contributed by atoms with Gasteiger partial charge in [-0.1, -0.05) is 33.9 Å². The smallest absolute Gasteiger partial charge is 0.410 e. The van der Waals surface area contributed by atoms with Gasteiger partial charge in [-0.2, -0.15) is 0 Å². The molecule has 1 heterocycles. The van der Waals surface area contributed by atoms with Gasteiger partial charge in [0.2, 0.25) is 0 Å². The highest BCUT2D eigenvalue weighted by atomic mass is 28.3. The Bertz CT molecular complexity index is 417. The van der Waals surface area contributed by atoms with Crippen molar-refractivity contribution in [3.63, 3.8) is 0 Å². The van der Waals surface area contributed by atoms with Crippen LogP contribution < -0.4 is 0 Å². The first-order valence-electron chi connectivity index (χ1n) is 9.21. The van der Waals surface area contributed by atoms with Crippen LogP contribution in [0.15, 0.2) is 0 Å². The minimum absolute atomic E-state index is 0.142. The summed E-state index contributed by atoms with van der Waals surface area (Å²) >= 11 is 0. The van der Waals surface area contributed by atoms with Crippen LogP contribution in [0.25, 0.3) is 0 Å². The van der Waals surface area contributed by atoms with E-state index in [2.05, 4.69) is 33.9 Å². The molecule has 3 atom stereocenters. The van der Waals surface area contributed by atoms with E-state index in [0.29, 0.717) is 17.4 Å². The zero-order chi connectivity index (χ0) is 18.7. The maximum Gasteiger partial charge on any atom is 0.410 e. The summed E-state index contributed by atoms with van der Waals surface area (Å²) in [6.45, 7) is 15.7. The first-order valence-corrected chi connectivity index (χ1v) is 12.1. The van der Waals surface area contributed by atoms with Crippen LogP contribution in [0.3, 0.4) is 0 Å². The number of likely N-dealkylation sites (tertiary alicyclic amines) is 1. The Balaban J connectivity index is 2.67. The second-order valence-electron chi connectivity index (χ2n) is 8.82. The summed E-state index contributed by atoms with van der Waals surface area (Å²) in [5.74, 6) is 0.614. The van der Waals surface area contributed by atoms with Gasteiger partial charge in [-0.25, -0.2) is 4.79 Å². The molecule has 1 rings (SSSR count). The maximum atomic E-state index is 12.5. The second-order valence-corrected chi connectivity index (χ2v) is 12.4. The number of rotatable bonds is 7. The quantitative estimate of drug-likeness (QED) is 0.686. The molecule has 0 aliphatic carbocycles. The largest absolute Gasteiger partial charge is 0.443 e. The lowest BCUT2D eigenvalue weighted by Gasteiger charge is -2.40. The molecule has 1 saturated heterocycles. The number of hydrogen-bond donors (Lipinski definition) is 2. The molecule has 1 aliphatic rings. The molecule has 3 unspecified atom stereocenters. The fourth-order valence-corrected chi connectivity index (χ4v) is 5.50. The molecule has 1 fully saturated rings. The summed E-state index contributed by atoms with van der Waals surface area (Å²) in [7, 11) is -0.846. The van der Waals surface area contributed by atoms with Gasteiger partial charge in [0, 0.05) is 8.80 Å². The summed E-state index contributed by atoms with van der Waals surface area (Å²) in [6.07, 6.45) is 1.27. The molecule has 0 aromatic rings. The maximum absolute atomic E-state index is 12.5. The van der Waals surface area contributed by atoms with Crippen molar-refractivity contribution in [1.29, 1.82) is 0 Å². The van der Waals surface area contributed by atoms with Crippen LogP contribution in [0.1, 0.15) is 53.9 Å². The molecule has 1 amide bonds. The Kier molecular flexibility index (Phi) is 7.32. The Morgan fingerprint density at radius 1 is 1.29 bits per heavy atom. The van der Waals surface area contributed by atoms with E-state index in [4.69, 9.17) is 4.74 Å². The number of aliphatic hydroxyl groups is 2. The molecule has 0 aromatic carbocycles. The van der Waals surface area contributed by atoms with Crippen molar-refractivity contribution in [2.24, 2.45) is 5.92 Å². The zero-order valence-corrected chi connectivity index (χ0v) is 17.7. The molecule has 24 heavy (non-hydrogen) atoms. The Labute approximate surface area is 149 Å². The van der Waals surface area contributed by atoms with Crippen LogP contribution in [0.5, 0.6) is 0 Å². The number of carbonyl (C=O) groups is 1. The molecule has 0 bridgehead atoms. The topological polar surface area (TPSA) is 70.0 Å². The lowest BCUT2D eigenvalue weighted by molar-refractivity contribution is -0.00205. The molecule has 2 N–H and O–H groups in total. The van der Waals surface area contributed by atoms with Crippen molar-refractivity contribution in [3.8, 4) is 0 Å². The van der Waals surface area contributed by atoms with Crippen LogP contribution >= 0.6 is 0 Å². The Hall–Kier alpha value is -0.593. The standard InChI is InChI=1S/C18H37NO4Si/c1-13(2)18(5,24(6)7)9-8-17(3,4)23-16(22)19-11-15(21)10-14(19)12-20/h13-15,20-21,24H,8-12H2,1-7H3. The van der Waals surface area contributed by atoms with Crippen molar-refractivity contribution in [1.82, 2.24) is 4.90 Å². The molecule has 0 saturated carbocycles. The Morgan fingerprint density at radius 3 is 2.33 bits per heavy atom. The second kappa shape index (κ2) is 8.19. The predicted octanol–water partition coefficient (Wildman–Crippen LogP) is 3.01. The zero-order valence-electron chi connectivity index (χ0n) is 16.5. The van der Waals surface area contributed by atoms with Crippen molar-refractivity contribution < 1.29 is 19.7 Å². The normalized spacial score (nSPS) is 24.5. The molecule has 1 aliphatic heterocycles. The van der Waals surface area contributed by atoms with Crippen molar-refractivity contribution in [2.75, 3.05) is 13.2 Å². The summed E-state index contributed by atoms with van der Waals surface area (Å²) < 4.78 is 5.74. The van der Waals surface area contributed by atoms with Gasteiger partial charge in [-0.3, -0.25) is 0 Å². The van der Waals surface area contributed by atoms with E-state index in [1.165, 1.54) is 4.90 Å². The molecule has 0 radical (unpaired) electrons. The average Bonchev–Trinajstić information content (AvgIpc) is 2.85. The summed E-state index contributed by atoms with van der Waals surface area (Å²) in [6, 6.07) is -0.340. The third kappa shape index (κ3) is 5.20. The van der Waals surface area contributed by atoms with E-state index in [-0.39, 0.29) is 19.2 Å². The number of amides is 1. The number of hydrogen-bond acceptors (Lipinski definition) is 4. The molecule has 0 spiro atoms. The SMILES string of the molecule is CC(C)C(C)(CCC(C)(C)OC(=O)N1CC(O)CC1CO)[SiH](C)C. The van der Waals surface area contributed by atoms with Gasteiger partial charge < -0.3 is 19.8 Å². The third-order valence-electron chi connectivity index (χ3n) is 6.10.